The molecule has 0 radical (unpaired) electrons. The number of nitro benzene ring substituents is 1. The summed E-state index contributed by atoms with van der Waals surface area (Å²) in [5, 5.41) is 18.9. The topological polar surface area (TPSA) is 116 Å². The third-order valence-corrected chi connectivity index (χ3v) is 3.87. The van der Waals surface area contributed by atoms with Crippen molar-refractivity contribution in [1.29, 1.82) is 0 Å². The number of amides is 1. The maximum Gasteiger partial charge on any atom is 0.283 e. The molecular formula is C19H18N4O5. The lowest BCUT2D eigenvalue weighted by Crippen LogP contribution is -2.29. The van der Waals surface area contributed by atoms with E-state index >= 15 is 0 Å². The van der Waals surface area contributed by atoms with E-state index in [4.69, 9.17) is 8.83 Å². The first-order valence-electron chi connectivity index (χ1n) is 8.65. The minimum absolute atomic E-state index is 0.0615. The van der Waals surface area contributed by atoms with Crippen LogP contribution in [-0.2, 0) is 11.3 Å². The third-order valence-electron chi connectivity index (χ3n) is 3.87. The first kappa shape index (κ1) is 19.0. The molecule has 28 heavy (non-hydrogen) atoms. The van der Waals surface area contributed by atoms with E-state index in [-0.39, 0.29) is 29.9 Å². The molecule has 0 fully saturated rings. The predicted molar refractivity (Wildman–Crippen MR) is 99.8 cm³/mol. The van der Waals surface area contributed by atoms with E-state index in [9.17, 15) is 14.9 Å². The number of rotatable bonds is 8. The summed E-state index contributed by atoms with van der Waals surface area (Å²) in [5.41, 5.74) is 0.295. The molecule has 9 nitrogen and oxygen atoms in total. The minimum Gasteiger partial charge on any atom is -0.459 e. The van der Waals surface area contributed by atoms with Crippen LogP contribution in [-0.4, -0.2) is 32.5 Å². The van der Waals surface area contributed by atoms with Gasteiger partial charge in [-0.3, -0.25) is 14.9 Å². The van der Waals surface area contributed by atoms with E-state index in [1.165, 1.54) is 29.4 Å². The molecular weight excluding hydrogens is 364 g/mol. The zero-order chi connectivity index (χ0) is 19.9. The summed E-state index contributed by atoms with van der Waals surface area (Å²) in [6, 6.07) is 9.63. The third kappa shape index (κ3) is 4.50. The average Bonchev–Trinajstić information content (AvgIpc) is 3.37. The van der Waals surface area contributed by atoms with Crippen molar-refractivity contribution in [1.82, 2.24) is 15.1 Å². The van der Waals surface area contributed by atoms with Crippen molar-refractivity contribution >= 4 is 17.7 Å². The highest BCUT2D eigenvalue weighted by atomic mass is 16.6. The molecule has 9 heteroatoms. The van der Waals surface area contributed by atoms with Crippen molar-refractivity contribution in [3.05, 3.63) is 70.3 Å². The molecule has 0 saturated heterocycles. The van der Waals surface area contributed by atoms with Gasteiger partial charge in [-0.2, -0.15) is 0 Å². The molecule has 144 valence electrons. The van der Waals surface area contributed by atoms with Crippen LogP contribution in [0.1, 0.15) is 24.8 Å². The van der Waals surface area contributed by atoms with Crippen LogP contribution in [0.4, 0.5) is 5.69 Å². The normalized spacial score (nSPS) is 11.0. The second-order valence-electron chi connectivity index (χ2n) is 5.89. The number of carbonyl (C=O) groups excluding carboxylic acids is 1. The first-order chi connectivity index (χ1) is 13.6. The lowest BCUT2D eigenvalue weighted by molar-refractivity contribution is -0.385. The molecule has 0 unspecified atom stereocenters. The van der Waals surface area contributed by atoms with E-state index < -0.39 is 4.92 Å². The van der Waals surface area contributed by atoms with Crippen LogP contribution in [0.5, 0.6) is 0 Å². The molecule has 0 saturated carbocycles. The predicted octanol–water partition coefficient (Wildman–Crippen LogP) is 3.69. The number of hydrogen-bond acceptors (Lipinski definition) is 7. The molecule has 0 N–H and O–H groups in total. The SMILES string of the molecule is CCCN(Cc1nnc(-c2ccco2)o1)C(=O)/C=C/c1ccccc1[N+](=O)[O-]. The number of hydrogen-bond donors (Lipinski definition) is 0. The van der Waals surface area contributed by atoms with Gasteiger partial charge in [0.25, 0.3) is 11.6 Å². The van der Waals surface area contributed by atoms with Gasteiger partial charge in [-0.25, -0.2) is 0 Å². The lowest BCUT2D eigenvalue weighted by atomic mass is 10.1. The molecule has 0 aliphatic heterocycles. The number of nitrogens with zero attached hydrogens (tertiary/aromatic N) is 4. The van der Waals surface area contributed by atoms with Gasteiger partial charge >= 0.3 is 0 Å². The summed E-state index contributed by atoms with van der Waals surface area (Å²) in [6.45, 7) is 2.54. The van der Waals surface area contributed by atoms with Gasteiger partial charge in [-0.1, -0.05) is 19.1 Å². The fourth-order valence-electron chi connectivity index (χ4n) is 2.58. The van der Waals surface area contributed by atoms with Gasteiger partial charge < -0.3 is 13.7 Å². The first-order valence-corrected chi connectivity index (χ1v) is 8.65. The van der Waals surface area contributed by atoms with Crippen LogP contribution in [0.25, 0.3) is 17.7 Å². The molecule has 0 aliphatic carbocycles. The van der Waals surface area contributed by atoms with Gasteiger partial charge in [0.15, 0.2) is 5.76 Å². The number of para-hydroxylation sites is 1. The number of benzene rings is 1. The van der Waals surface area contributed by atoms with Gasteiger partial charge in [-0.05, 0) is 30.7 Å². The Morgan fingerprint density at radius 2 is 2.07 bits per heavy atom. The van der Waals surface area contributed by atoms with E-state index in [0.29, 0.717) is 17.9 Å². The Morgan fingerprint density at radius 1 is 1.25 bits per heavy atom. The zero-order valence-electron chi connectivity index (χ0n) is 15.1. The van der Waals surface area contributed by atoms with E-state index in [1.807, 2.05) is 6.92 Å². The molecule has 1 amide bonds. The van der Waals surface area contributed by atoms with Gasteiger partial charge in [0.1, 0.15) is 0 Å². The van der Waals surface area contributed by atoms with Crippen LogP contribution in [0, 0.1) is 10.1 Å². The Bertz CT molecular complexity index is 978. The summed E-state index contributed by atoms with van der Waals surface area (Å²) >= 11 is 0. The smallest absolute Gasteiger partial charge is 0.283 e. The second kappa shape index (κ2) is 8.76. The molecule has 0 bridgehead atoms. The largest absolute Gasteiger partial charge is 0.459 e. The molecule has 0 atom stereocenters. The summed E-state index contributed by atoms with van der Waals surface area (Å²) in [6.07, 6.45) is 4.97. The number of furan rings is 1. The van der Waals surface area contributed by atoms with E-state index in [2.05, 4.69) is 10.2 Å². The van der Waals surface area contributed by atoms with Gasteiger partial charge in [0.2, 0.25) is 11.8 Å². The number of nitro groups is 1. The van der Waals surface area contributed by atoms with Crippen LogP contribution >= 0.6 is 0 Å². The van der Waals surface area contributed by atoms with Crippen molar-refractivity contribution in [2.75, 3.05) is 6.54 Å². The highest BCUT2D eigenvalue weighted by Gasteiger charge is 2.17. The molecule has 0 aliphatic rings. The number of carbonyl (C=O) groups is 1. The van der Waals surface area contributed by atoms with Gasteiger partial charge in [-0.15, -0.1) is 10.2 Å². The van der Waals surface area contributed by atoms with Crippen LogP contribution in [0.2, 0.25) is 0 Å². The zero-order valence-corrected chi connectivity index (χ0v) is 15.1. The van der Waals surface area contributed by atoms with E-state index in [0.717, 1.165) is 6.42 Å². The lowest BCUT2D eigenvalue weighted by Gasteiger charge is -2.18. The van der Waals surface area contributed by atoms with Crippen molar-refractivity contribution in [2.24, 2.45) is 0 Å². The van der Waals surface area contributed by atoms with E-state index in [1.54, 1.807) is 30.3 Å². The average molecular weight is 382 g/mol. The molecule has 2 aromatic heterocycles. The second-order valence-corrected chi connectivity index (χ2v) is 5.89. The highest BCUT2D eigenvalue weighted by molar-refractivity contribution is 5.92. The van der Waals surface area contributed by atoms with Crippen molar-refractivity contribution in [2.45, 2.75) is 19.9 Å². The van der Waals surface area contributed by atoms with Gasteiger partial charge in [0, 0.05) is 18.7 Å². The molecule has 1 aromatic carbocycles. The Hall–Kier alpha value is -3.75. The van der Waals surface area contributed by atoms with Crippen molar-refractivity contribution in [3.63, 3.8) is 0 Å². The molecule has 3 rings (SSSR count). The Kier molecular flexibility index (Phi) is 5.95. The summed E-state index contributed by atoms with van der Waals surface area (Å²) in [7, 11) is 0. The standard InChI is InChI=1S/C19H18N4O5/c1-2-11-22(13-17-20-21-19(28-17)16-8-5-12-27-16)18(24)10-9-14-6-3-4-7-15(14)23(25)26/h3-10,12H,2,11,13H2,1H3/b10-9+. The quantitative estimate of drug-likeness (QED) is 0.331. The molecule has 3 aromatic rings. The van der Waals surface area contributed by atoms with Gasteiger partial charge in [0.05, 0.1) is 23.3 Å². The molecule has 0 spiro atoms. The fraction of sp³-hybridized carbons (Fsp3) is 0.211. The molecule has 2 heterocycles. The summed E-state index contributed by atoms with van der Waals surface area (Å²) < 4.78 is 10.8. The maximum absolute atomic E-state index is 12.6. The van der Waals surface area contributed by atoms with Crippen molar-refractivity contribution < 1.29 is 18.6 Å². The monoisotopic (exact) mass is 382 g/mol. The minimum atomic E-state index is -0.484. The fourth-order valence-corrected chi connectivity index (χ4v) is 2.58. The van der Waals surface area contributed by atoms with Crippen molar-refractivity contribution in [3.8, 4) is 11.7 Å². The van der Waals surface area contributed by atoms with Crippen LogP contribution in [0.15, 0.2) is 57.6 Å². The summed E-state index contributed by atoms with van der Waals surface area (Å²) in [4.78, 5) is 24.7. The van der Waals surface area contributed by atoms with Crippen LogP contribution in [0.3, 0.4) is 0 Å². The Labute approximate surface area is 160 Å². The Balaban J connectivity index is 1.73. The maximum atomic E-state index is 12.6. The highest BCUT2D eigenvalue weighted by Crippen LogP contribution is 2.20. The Morgan fingerprint density at radius 3 is 2.79 bits per heavy atom. The summed E-state index contributed by atoms with van der Waals surface area (Å²) in [5.74, 6) is 0.646. The number of aromatic nitrogens is 2. The van der Waals surface area contributed by atoms with Crippen LogP contribution < -0.4 is 0 Å².